The van der Waals surface area contributed by atoms with Crippen LogP contribution in [-0.4, -0.2) is 41.2 Å². The number of carbonyl (C=O) groups is 1. The van der Waals surface area contributed by atoms with Gasteiger partial charge in [0.25, 0.3) is 5.54 Å². The Morgan fingerprint density at radius 2 is 2.21 bits per heavy atom. The Morgan fingerprint density at radius 1 is 1.71 bits per heavy atom. The maximum absolute atomic E-state index is 10.8. The van der Waals surface area contributed by atoms with Gasteiger partial charge in [-0.1, -0.05) is 0 Å². The van der Waals surface area contributed by atoms with Gasteiger partial charge in [-0.25, -0.2) is 0 Å². The summed E-state index contributed by atoms with van der Waals surface area (Å²) in [7, 11) is 1.27. The molecule has 3 unspecified atom stereocenters. The minimum absolute atomic E-state index is 0.288. The van der Waals surface area contributed by atoms with Gasteiger partial charge in [-0.15, -0.1) is 0 Å². The monoisotopic (exact) mass is 205 g/mol. The minimum atomic E-state index is -1.58. The van der Waals surface area contributed by atoms with Crippen LogP contribution >= 0.6 is 0 Å². The largest absolute Gasteiger partial charge is 0.390 e. The van der Waals surface area contributed by atoms with Gasteiger partial charge in [0.2, 0.25) is 0 Å². The van der Waals surface area contributed by atoms with Crippen molar-refractivity contribution in [2.24, 2.45) is 0 Å². The van der Waals surface area contributed by atoms with Crippen molar-refractivity contribution in [3.8, 4) is 0 Å². The van der Waals surface area contributed by atoms with E-state index in [0.717, 1.165) is 0 Å². The molecule has 0 aromatic heterocycles. The predicted octanol–water partition coefficient (Wildman–Crippen LogP) is 0.00660. The van der Waals surface area contributed by atoms with Gasteiger partial charge in [-0.3, -0.25) is 10.1 Å². The van der Waals surface area contributed by atoms with Crippen molar-refractivity contribution in [2.45, 2.75) is 38.0 Å². The molecule has 0 saturated carbocycles. The van der Waals surface area contributed by atoms with Gasteiger partial charge in [0, 0.05) is 19.0 Å². The van der Waals surface area contributed by atoms with Crippen LogP contribution < -0.4 is 0 Å². The van der Waals surface area contributed by atoms with Crippen LogP contribution in [0.1, 0.15) is 20.3 Å². The van der Waals surface area contributed by atoms with E-state index < -0.39 is 22.7 Å². The van der Waals surface area contributed by atoms with Crippen LogP contribution in [0.2, 0.25) is 0 Å². The van der Waals surface area contributed by atoms with E-state index in [1.54, 1.807) is 0 Å². The van der Waals surface area contributed by atoms with Gasteiger partial charge in [0.1, 0.15) is 6.29 Å². The van der Waals surface area contributed by atoms with Crippen LogP contribution in [0.5, 0.6) is 0 Å². The van der Waals surface area contributed by atoms with E-state index in [2.05, 4.69) is 0 Å². The average Bonchev–Trinajstić information content (AvgIpc) is 2.04. The van der Waals surface area contributed by atoms with Crippen LogP contribution in [-0.2, 0) is 9.53 Å². The van der Waals surface area contributed by atoms with Crippen molar-refractivity contribution in [1.82, 2.24) is 0 Å². The topological polar surface area (TPSA) is 89.7 Å². The van der Waals surface area contributed by atoms with Crippen molar-refractivity contribution in [3.05, 3.63) is 10.1 Å². The summed E-state index contributed by atoms with van der Waals surface area (Å²) in [5.41, 5.74) is -1.58. The number of carbonyl (C=O) groups excluding carboxylic acids is 1. The van der Waals surface area contributed by atoms with Crippen molar-refractivity contribution in [2.75, 3.05) is 7.11 Å². The number of methoxy groups -OCH3 is 1. The van der Waals surface area contributed by atoms with E-state index in [-0.39, 0.29) is 6.42 Å². The smallest absolute Gasteiger partial charge is 0.254 e. The van der Waals surface area contributed by atoms with Gasteiger partial charge >= 0.3 is 0 Å². The van der Waals surface area contributed by atoms with Crippen molar-refractivity contribution in [3.63, 3.8) is 0 Å². The standard InChI is InChI=1S/C8H15NO5/c1-6(11)7(14-3)8(2,4-5-10)9(12)13/h5-7,11H,4H2,1-3H3. The molecule has 0 rings (SSSR count). The van der Waals surface area contributed by atoms with Gasteiger partial charge in [-0.05, 0) is 6.92 Å². The summed E-state index contributed by atoms with van der Waals surface area (Å²) >= 11 is 0. The molecule has 0 fully saturated rings. The number of ether oxygens (including phenoxy) is 1. The molecule has 0 heterocycles. The van der Waals surface area contributed by atoms with Crippen LogP contribution in [0.15, 0.2) is 0 Å². The fraction of sp³-hybridized carbons (Fsp3) is 0.875. The molecule has 3 atom stereocenters. The normalized spacial score (nSPS) is 19.4. The second-order valence-electron chi connectivity index (χ2n) is 3.38. The first-order chi connectivity index (χ1) is 6.40. The number of hydrogen-bond acceptors (Lipinski definition) is 5. The van der Waals surface area contributed by atoms with Crippen molar-refractivity contribution < 1.29 is 19.6 Å². The average molecular weight is 205 g/mol. The molecule has 1 N–H and O–H groups in total. The molecule has 0 saturated heterocycles. The number of hydrogen-bond donors (Lipinski definition) is 1. The molecule has 0 radical (unpaired) electrons. The molecular weight excluding hydrogens is 190 g/mol. The Bertz CT molecular complexity index is 218. The molecular formula is C8H15NO5. The third-order valence-corrected chi connectivity index (χ3v) is 2.22. The van der Waals surface area contributed by atoms with Crippen LogP contribution in [0.4, 0.5) is 0 Å². The fourth-order valence-electron chi connectivity index (χ4n) is 1.43. The molecule has 0 spiro atoms. The fourth-order valence-corrected chi connectivity index (χ4v) is 1.43. The summed E-state index contributed by atoms with van der Waals surface area (Å²) in [6.07, 6.45) is -1.83. The minimum Gasteiger partial charge on any atom is -0.390 e. The lowest BCUT2D eigenvalue weighted by Crippen LogP contribution is -2.52. The molecule has 0 amide bonds. The first-order valence-electron chi connectivity index (χ1n) is 4.19. The summed E-state index contributed by atoms with van der Waals surface area (Å²) < 4.78 is 4.84. The Balaban J connectivity index is 4.94. The zero-order chi connectivity index (χ0) is 11.4. The lowest BCUT2D eigenvalue weighted by atomic mass is 9.89. The Kier molecular flexibility index (Phi) is 4.65. The van der Waals surface area contributed by atoms with E-state index in [0.29, 0.717) is 6.29 Å². The quantitative estimate of drug-likeness (QED) is 0.374. The first kappa shape index (κ1) is 13.0. The predicted molar refractivity (Wildman–Crippen MR) is 48.6 cm³/mol. The lowest BCUT2D eigenvalue weighted by molar-refractivity contribution is -0.579. The van der Waals surface area contributed by atoms with Gasteiger partial charge in [0.15, 0.2) is 6.10 Å². The van der Waals surface area contributed by atoms with E-state index >= 15 is 0 Å². The van der Waals surface area contributed by atoms with Crippen LogP contribution in [0.3, 0.4) is 0 Å². The molecule has 0 aliphatic heterocycles. The Hall–Kier alpha value is -1.01. The maximum atomic E-state index is 10.8. The summed E-state index contributed by atoms with van der Waals surface area (Å²) in [5.74, 6) is 0. The highest BCUT2D eigenvalue weighted by Crippen LogP contribution is 2.23. The van der Waals surface area contributed by atoms with Crippen LogP contribution in [0.25, 0.3) is 0 Å². The highest BCUT2D eigenvalue weighted by atomic mass is 16.6. The summed E-state index contributed by atoms with van der Waals surface area (Å²) in [5, 5.41) is 20.0. The second kappa shape index (κ2) is 5.02. The maximum Gasteiger partial charge on any atom is 0.254 e. The third kappa shape index (κ3) is 2.49. The molecule has 0 bridgehead atoms. The van der Waals surface area contributed by atoms with Gasteiger partial charge in [0.05, 0.1) is 12.5 Å². The number of nitrogens with zero attached hydrogens (tertiary/aromatic N) is 1. The molecule has 82 valence electrons. The summed E-state index contributed by atoms with van der Waals surface area (Å²) in [6.45, 7) is 2.67. The molecule has 0 aromatic rings. The molecule has 0 aliphatic carbocycles. The van der Waals surface area contributed by atoms with E-state index in [1.807, 2.05) is 0 Å². The summed E-state index contributed by atoms with van der Waals surface area (Å²) in [6, 6.07) is 0. The van der Waals surface area contributed by atoms with Crippen molar-refractivity contribution >= 4 is 6.29 Å². The van der Waals surface area contributed by atoms with E-state index in [9.17, 15) is 20.0 Å². The second-order valence-corrected chi connectivity index (χ2v) is 3.38. The zero-order valence-electron chi connectivity index (χ0n) is 8.47. The van der Waals surface area contributed by atoms with E-state index in [4.69, 9.17) is 4.74 Å². The number of aliphatic hydroxyl groups is 1. The number of aliphatic hydroxyl groups excluding tert-OH is 1. The van der Waals surface area contributed by atoms with Gasteiger partial charge < -0.3 is 14.6 Å². The first-order valence-corrected chi connectivity index (χ1v) is 4.19. The van der Waals surface area contributed by atoms with E-state index in [1.165, 1.54) is 21.0 Å². The molecule has 0 aromatic carbocycles. The van der Waals surface area contributed by atoms with Crippen molar-refractivity contribution in [1.29, 1.82) is 0 Å². The Morgan fingerprint density at radius 3 is 2.43 bits per heavy atom. The molecule has 6 heteroatoms. The lowest BCUT2D eigenvalue weighted by Gasteiger charge is -2.29. The highest BCUT2D eigenvalue weighted by Gasteiger charge is 2.48. The van der Waals surface area contributed by atoms with Crippen LogP contribution in [0, 0.1) is 10.1 Å². The van der Waals surface area contributed by atoms with Gasteiger partial charge in [-0.2, -0.15) is 0 Å². The highest BCUT2D eigenvalue weighted by molar-refractivity contribution is 5.51. The molecule has 0 aliphatic rings. The number of nitro groups is 1. The number of rotatable bonds is 6. The third-order valence-electron chi connectivity index (χ3n) is 2.22. The summed E-state index contributed by atoms with van der Waals surface area (Å²) in [4.78, 5) is 20.5. The Labute approximate surface area is 82.0 Å². The molecule has 14 heavy (non-hydrogen) atoms. The SMILES string of the molecule is COC(C(C)O)C(C)(CC=O)[N+](=O)[O-]. The molecule has 6 nitrogen and oxygen atoms in total. The number of aldehydes is 1. The zero-order valence-corrected chi connectivity index (χ0v) is 8.47.